The fourth-order valence-corrected chi connectivity index (χ4v) is 2.68. The molecule has 0 aliphatic heterocycles. The van der Waals surface area contributed by atoms with Gasteiger partial charge in [-0.2, -0.15) is 0 Å². The minimum Gasteiger partial charge on any atom is -0.326 e. The zero-order valence-electron chi connectivity index (χ0n) is 11.1. The molecule has 0 unspecified atom stereocenters. The third-order valence-electron chi connectivity index (χ3n) is 3.64. The van der Waals surface area contributed by atoms with E-state index in [1.807, 2.05) is 6.07 Å². The van der Waals surface area contributed by atoms with Crippen LogP contribution in [0.4, 0.5) is 0 Å². The molecule has 1 nitrogen and oxygen atoms in total. The van der Waals surface area contributed by atoms with Gasteiger partial charge in [0, 0.05) is 6.54 Å². The summed E-state index contributed by atoms with van der Waals surface area (Å²) in [4.78, 5) is 0. The van der Waals surface area contributed by atoms with E-state index in [1.54, 1.807) is 0 Å². The number of hydrogen-bond acceptors (Lipinski definition) is 1. The molecule has 0 spiro atoms. The van der Waals surface area contributed by atoms with Gasteiger partial charge in [0.05, 0.1) is 0 Å². The molecule has 2 N–H and O–H groups in total. The van der Waals surface area contributed by atoms with Crippen molar-refractivity contribution in [3.8, 4) is 11.1 Å². The van der Waals surface area contributed by atoms with E-state index in [1.165, 1.54) is 33.0 Å². The molecule has 0 atom stereocenters. The number of aryl methyl sites for hydroxylation is 1. The van der Waals surface area contributed by atoms with E-state index in [-0.39, 0.29) is 0 Å². The number of rotatable bonds is 2. The molecule has 19 heavy (non-hydrogen) atoms. The van der Waals surface area contributed by atoms with Gasteiger partial charge in [-0.1, -0.05) is 60.7 Å². The van der Waals surface area contributed by atoms with Gasteiger partial charge in [0.1, 0.15) is 0 Å². The monoisotopic (exact) mass is 247 g/mol. The maximum Gasteiger partial charge on any atom is 0.0184 e. The lowest BCUT2D eigenvalue weighted by atomic mass is 9.91. The molecule has 94 valence electrons. The maximum absolute atomic E-state index is 5.88. The molecule has 0 aromatic heterocycles. The highest BCUT2D eigenvalue weighted by Gasteiger charge is 2.09. The van der Waals surface area contributed by atoms with Crippen LogP contribution < -0.4 is 5.73 Å². The summed E-state index contributed by atoms with van der Waals surface area (Å²) in [6, 6.07) is 21.3. The van der Waals surface area contributed by atoms with Gasteiger partial charge in [-0.05, 0) is 39.9 Å². The third-order valence-corrected chi connectivity index (χ3v) is 3.64. The lowest BCUT2D eigenvalue weighted by Crippen LogP contribution is -1.99. The van der Waals surface area contributed by atoms with Crippen LogP contribution in [0.1, 0.15) is 11.1 Å². The van der Waals surface area contributed by atoms with Crippen LogP contribution in [0.25, 0.3) is 21.9 Å². The first kappa shape index (κ1) is 11.9. The Hall–Kier alpha value is -2.12. The molecular weight excluding hydrogens is 230 g/mol. The van der Waals surface area contributed by atoms with Crippen molar-refractivity contribution in [1.82, 2.24) is 0 Å². The average molecular weight is 247 g/mol. The first-order chi connectivity index (χ1) is 9.31. The van der Waals surface area contributed by atoms with Gasteiger partial charge < -0.3 is 5.73 Å². The minimum absolute atomic E-state index is 0.568. The van der Waals surface area contributed by atoms with Crippen LogP contribution in [0.2, 0.25) is 0 Å². The SMILES string of the molecule is Cc1ccc2ccccc2c1-c1ccccc1CN. The lowest BCUT2D eigenvalue weighted by molar-refractivity contribution is 1.07. The van der Waals surface area contributed by atoms with E-state index in [0.29, 0.717) is 6.54 Å². The number of fused-ring (bicyclic) bond motifs is 1. The Morgan fingerprint density at radius 1 is 0.842 bits per heavy atom. The average Bonchev–Trinajstić information content (AvgIpc) is 2.47. The molecule has 0 fully saturated rings. The smallest absolute Gasteiger partial charge is 0.0184 e. The van der Waals surface area contributed by atoms with Crippen molar-refractivity contribution in [1.29, 1.82) is 0 Å². The molecule has 0 saturated carbocycles. The number of hydrogen-bond donors (Lipinski definition) is 1. The maximum atomic E-state index is 5.88. The summed E-state index contributed by atoms with van der Waals surface area (Å²) in [6.45, 7) is 2.73. The second kappa shape index (κ2) is 4.87. The molecule has 0 bridgehead atoms. The van der Waals surface area contributed by atoms with Crippen molar-refractivity contribution in [2.24, 2.45) is 5.73 Å². The van der Waals surface area contributed by atoms with Crippen molar-refractivity contribution in [3.05, 3.63) is 71.8 Å². The van der Waals surface area contributed by atoms with Gasteiger partial charge in [0.2, 0.25) is 0 Å². The first-order valence-corrected chi connectivity index (χ1v) is 6.58. The van der Waals surface area contributed by atoms with Gasteiger partial charge in [0.25, 0.3) is 0 Å². The van der Waals surface area contributed by atoms with Crippen LogP contribution in [0, 0.1) is 6.92 Å². The Kier molecular flexibility index (Phi) is 3.06. The third kappa shape index (κ3) is 2.02. The molecule has 0 saturated heterocycles. The van der Waals surface area contributed by atoms with Gasteiger partial charge in [0.15, 0.2) is 0 Å². The predicted octanol–water partition coefficient (Wildman–Crippen LogP) is 4.27. The molecule has 3 aromatic carbocycles. The summed E-state index contributed by atoms with van der Waals surface area (Å²) in [7, 11) is 0. The first-order valence-electron chi connectivity index (χ1n) is 6.58. The topological polar surface area (TPSA) is 26.0 Å². The normalized spacial score (nSPS) is 10.8. The van der Waals surface area contributed by atoms with Crippen LogP contribution in [0.3, 0.4) is 0 Å². The van der Waals surface area contributed by atoms with Crippen LogP contribution in [0.15, 0.2) is 60.7 Å². The summed E-state index contributed by atoms with van der Waals surface area (Å²) in [5.41, 5.74) is 10.9. The van der Waals surface area contributed by atoms with E-state index in [2.05, 4.69) is 61.5 Å². The van der Waals surface area contributed by atoms with Gasteiger partial charge in [-0.25, -0.2) is 0 Å². The van der Waals surface area contributed by atoms with Crippen molar-refractivity contribution in [2.75, 3.05) is 0 Å². The summed E-state index contributed by atoms with van der Waals surface area (Å²) in [6.07, 6.45) is 0. The highest BCUT2D eigenvalue weighted by molar-refractivity contribution is 5.98. The number of benzene rings is 3. The standard InChI is InChI=1S/C18H17N/c1-13-10-11-14-6-2-4-8-16(14)18(13)17-9-5-3-7-15(17)12-19/h2-11H,12,19H2,1H3. The largest absolute Gasteiger partial charge is 0.326 e. The minimum atomic E-state index is 0.568. The Labute approximate surface area is 113 Å². The molecule has 0 amide bonds. The van der Waals surface area contributed by atoms with Crippen LogP contribution >= 0.6 is 0 Å². The molecule has 0 radical (unpaired) electrons. The molecular formula is C18H17N. The zero-order chi connectivity index (χ0) is 13.2. The Morgan fingerprint density at radius 3 is 2.42 bits per heavy atom. The second-order valence-corrected chi connectivity index (χ2v) is 4.84. The van der Waals surface area contributed by atoms with E-state index in [4.69, 9.17) is 5.73 Å². The summed E-state index contributed by atoms with van der Waals surface area (Å²) >= 11 is 0. The molecule has 0 aliphatic rings. The van der Waals surface area contributed by atoms with Gasteiger partial charge in [-0.15, -0.1) is 0 Å². The van der Waals surface area contributed by atoms with Crippen LogP contribution in [-0.2, 0) is 6.54 Å². The van der Waals surface area contributed by atoms with Crippen molar-refractivity contribution < 1.29 is 0 Å². The number of nitrogens with two attached hydrogens (primary N) is 1. The summed E-state index contributed by atoms with van der Waals surface area (Å²) in [5, 5.41) is 2.57. The quantitative estimate of drug-likeness (QED) is 0.719. The van der Waals surface area contributed by atoms with E-state index in [0.717, 1.165) is 0 Å². The van der Waals surface area contributed by atoms with Crippen LogP contribution in [0.5, 0.6) is 0 Å². The highest BCUT2D eigenvalue weighted by Crippen LogP contribution is 2.33. The summed E-state index contributed by atoms with van der Waals surface area (Å²) in [5.74, 6) is 0. The highest BCUT2D eigenvalue weighted by atomic mass is 14.5. The fraction of sp³-hybridized carbons (Fsp3) is 0.111. The fourth-order valence-electron chi connectivity index (χ4n) is 2.68. The zero-order valence-corrected chi connectivity index (χ0v) is 11.1. The Bertz CT molecular complexity index is 729. The lowest BCUT2D eigenvalue weighted by Gasteiger charge is -2.14. The molecule has 3 aromatic rings. The van der Waals surface area contributed by atoms with E-state index in [9.17, 15) is 0 Å². The summed E-state index contributed by atoms with van der Waals surface area (Å²) < 4.78 is 0. The van der Waals surface area contributed by atoms with Crippen molar-refractivity contribution >= 4 is 10.8 Å². The Balaban J connectivity index is 2.38. The van der Waals surface area contributed by atoms with Crippen molar-refractivity contribution in [2.45, 2.75) is 13.5 Å². The van der Waals surface area contributed by atoms with Gasteiger partial charge in [-0.3, -0.25) is 0 Å². The Morgan fingerprint density at radius 2 is 1.58 bits per heavy atom. The molecule has 0 heterocycles. The molecule has 1 heteroatoms. The molecule has 3 rings (SSSR count). The van der Waals surface area contributed by atoms with Gasteiger partial charge >= 0.3 is 0 Å². The second-order valence-electron chi connectivity index (χ2n) is 4.84. The van der Waals surface area contributed by atoms with E-state index >= 15 is 0 Å². The van der Waals surface area contributed by atoms with Crippen LogP contribution in [-0.4, -0.2) is 0 Å². The molecule has 0 aliphatic carbocycles. The predicted molar refractivity (Wildman–Crippen MR) is 82.0 cm³/mol. The van der Waals surface area contributed by atoms with E-state index < -0.39 is 0 Å². The van der Waals surface area contributed by atoms with Crippen molar-refractivity contribution in [3.63, 3.8) is 0 Å².